The molecule has 47 valence electrons. The second kappa shape index (κ2) is 2.60. The van der Waals surface area contributed by atoms with Crippen LogP contribution in [-0.4, -0.2) is 10.1 Å². The van der Waals surface area contributed by atoms with Crippen molar-refractivity contribution in [2.24, 2.45) is 0 Å². The van der Waals surface area contributed by atoms with Gasteiger partial charge in [0.05, 0.1) is 6.10 Å². The molecule has 0 aliphatic carbocycles. The highest BCUT2D eigenvalue weighted by atomic mass is 16.3. The first-order chi connectivity index (χ1) is 4.30. The molecule has 1 atom stereocenters. The van der Waals surface area contributed by atoms with Crippen molar-refractivity contribution in [3.8, 4) is 0 Å². The number of aromatic nitrogens is 1. The molecule has 0 saturated carbocycles. The summed E-state index contributed by atoms with van der Waals surface area (Å²) in [5, 5.41) is 8.88. The van der Waals surface area contributed by atoms with Crippen LogP contribution in [0.5, 0.6) is 0 Å². The Labute approximate surface area is 54.2 Å². The van der Waals surface area contributed by atoms with Gasteiger partial charge in [0.2, 0.25) is 0 Å². The lowest BCUT2D eigenvalue weighted by atomic mass is 10.2. The van der Waals surface area contributed by atoms with E-state index < -0.39 is 6.10 Å². The molecule has 1 heterocycles. The van der Waals surface area contributed by atoms with E-state index >= 15 is 0 Å². The van der Waals surface area contributed by atoms with Crippen LogP contribution in [0.25, 0.3) is 0 Å². The van der Waals surface area contributed by atoms with Crippen LogP contribution in [0, 0.1) is 6.92 Å². The molecule has 1 N–H and O–H groups in total. The number of rotatable bonds is 1. The number of hydrogen-bond acceptors (Lipinski definition) is 2. The SMILES string of the molecule is [CH2]C(O)c1ccncc1. The monoisotopic (exact) mass is 122 g/mol. The minimum Gasteiger partial charge on any atom is -0.388 e. The van der Waals surface area contributed by atoms with Crippen LogP contribution in [0.15, 0.2) is 24.5 Å². The van der Waals surface area contributed by atoms with E-state index in [1.54, 1.807) is 24.5 Å². The predicted molar refractivity (Wildman–Crippen MR) is 34.6 cm³/mol. The summed E-state index contributed by atoms with van der Waals surface area (Å²) >= 11 is 0. The van der Waals surface area contributed by atoms with Crippen molar-refractivity contribution in [2.45, 2.75) is 6.10 Å². The minimum atomic E-state index is -0.631. The molecule has 0 aromatic carbocycles. The minimum absolute atomic E-state index is 0.631. The topological polar surface area (TPSA) is 33.1 Å². The summed E-state index contributed by atoms with van der Waals surface area (Å²) in [4.78, 5) is 3.79. The molecule has 2 nitrogen and oxygen atoms in total. The zero-order valence-electron chi connectivity index (χ0n) is 4.99. The molecule has 1 rings (SSSR count). The fourth-order valence-electron chi connectivity index (χ4n) is 0.586. The highest BCUT2D eigenvalue weighted by Crippen LogP contribution is 2.07. The number of aliphatic hydroxyl groups excluding tert-OH is 1. The second-order valence-corrected chi connectivity index (χ2v) is 1.80. The van der Waals surface area contributed by atoms with Crippen LogP contribution in [0.3, 0.4) is 0 Å². The predicted octanol–water partition coefficient (Wildman–Crippen LogP) is 0.949. The molecule has 1 radical (unpaired) electrons. The van der Waals surface area contributed by atoms with Gasteiger partial charge in [0.25, 0.3) is 0 Å². The number of pyridine rings is 1. The first-order valence-electron chi connectivity index (χ1n) is 2.72. The summed E-state index contributed by atoms with van der Waals surface area (Å²) in [6, 6.07) is 3.47. The zero-order chi connectivity index (χ0) is 6.69. The molecule has 0 aliphatic heterocycles. The molecule has 0 bridgehead atoms. The van der Waals surface area contributed by atoms with E-state index in [1.807, 2.05) is 0 Å². The number of nitrogens with zero attached hydrogens (tertiary/aromatic N) is 1. The summed E-state index contributed by atoms with van der Waals surface area (Å²) in [5.41, 5.74) is 0.796. The van der Waals surface area contributed by atoms with Gasteiger partial charge in [-0.15, -0.1) is 0 Å². The van der Waals surface area contributed by atoms with E-state index in [2.05, 4.69) is 11.9 Å². The van der Waals surface area contributed by atoms with Gasteiger partial charge in [-0.2, -0.15) is 0 Å². The molecule has 2 heteroatoms. The second-order valence-electron chi connectivity index (χ2n) is 1.80. The van der Waals surface area contributed by atoms with E-state index in [9.17, 15) is 0 Å². The first kappa shape index (κ1) is 6.23. The molecule has 0 saturated heterocycles. The summed E-state index contributed by atoms with van der Waals surface area (Å²) < 4.78 is 0. The average molecular weight is 122 g/mol. The van der Waals surface area contributed by atoms with E-state index in [0.29, 0.717) is 0 Å². The average Bonchev–Trinajstić information content (AvgIpc) is 1.90. The Morgan fingerprint density at radius 1 is 1.44 bits per heavy atom. The van der Waals surface area contributed by atoms with Crippen LogP contribution in [0.4, 0.5) is 0 Å². The summed E-state index contributed by atoms with van der Waals surface area (Å²) in [6.07, 6.45) is 2.63. The first-order valence-corrected chi connectivity index (χ1v) is 2.72. The van der Waals surface area contributed by atoms with Gasteiger partial charge < -0.3 is 5.11 Å². The van der Waals surface area contributed by atoms with Crippen molar-refractivity contribution in [1.29, 1.82) is 0 Å². The van der Waals surface area contributed by atoms with Crippen molar-refractivity contribution in [1.82, 2.24) is 4.98 Å². The Morgan fingerprint density at radius 2 is 2.00 bits per heavy atom. The quantitative estimate of drug-likeness (QED) is 0.601. The van der Waals surface area contributed by atoms with Gasteiger partial charge >= 0.3 is 0 Å². The molecule has 1 aromatic rings. The summed E-state index contributed by atoms with van der Waals surface area (Å²) in [6.45, 7) is 3.44. The van der Waals surface area contributed by atoms with E-state index in [-0.39, 0.29) is 0 Å². The fourth-order valence-corrected chi connectivity index (χ4v) is 0.586. The van der Waals surface area contributed by atoms with Gasteiger partial charge in [-0.25, -0.2) is 0 Å². The number of hydrogen-bond donors (Lipinski definition) is 1. The van der Waals surface area contributed by atoms with Gasteiger partial charge in [-0.05, 0) is 24.6 Å². The van der Waals surface area contributed by atoms with Gasteiger partial charge in [0.15, 0.2) is 0 Å². The van der Waals surface area contributed by atoms with Crippen LogP contribution in [0.2, 0.25) is 0 Å². The van der Waals surface area contributed by atoms with Crippen LogP contribution >= 0.6 is 0 Å². The molecule has 0 amide bonds. The maximum atomic E-state index is 8.88. The molecule has 0 aliphatic rings. The van der Waals surface area contributed by atoms with Crippen molar-refractivity contribution >= 4 is 0 Å². The Hall–Kier alpha value is -0.890. The maximum Gasteiger partial charge on any atom is 0.0792 e. The van der Waals surface area contributed by atoms with Crippen molar-refractivity contribution in [2.75, 3.05) is 0 Å². The molecular weight excluding hydrogens is 114 g/mol. The van der Waals surface area contributed by atoms with Crippen LogP contribution in [-0.2, 0) is 0 Å². The Balaban J connectivity index is 2.85. The van der Waals surface area contributed by atoms with Crippen LogP contribution < -0.4 is 0 Å². The molecule has 0 fully saturated rings. The third kappa shape index (κ3) is 1.50. The lowest BCUT2D eigenvalue weighted by Gasteiger charge is -2.00. The third-order valence-corrected chi connectivity index (χ3v) is 1.09. The maximum absolute atomic E-state index is 8.88. The Kier molecular flexibility index (Phi) is 1.80. The zero-order valence-corrected chi connectivity index (χ0v) is 4.99. The van der Waals surface area contributed by atoms with Gasteiger partial charge in [-0.1, -0.05) is 0 Å². The van der Waals surface area contributed by atoms with Gasteiger partial charge in [-0.3, -0.25) is 4.98 Å². The smallest absolute Gasteiger partial charge is 0.0792 e. The summed E-state index contributed by atoms with van der Waals surface area (Å²) in [7, 11) is 0. The fraction of sp³-hybridized carbons (Fsp3) is 0.143. The lowest BCUT2D eigenvalue weighted by molar-refractivity contribution is 0.226. The highest BCUT2D eigenvalue weighted by molar-refractivity contribution is 5.13. The van der Waals surface area contributed by atoms with Crippen LogP contribution in [0.1, 0.15) is 11.7 Å². The third-order valence-electron chi connectivity index (χ3n) is 1.09. The van der Waals surface area contributed by atoms with Crippen molar-refractivity contribution in [3.05, 3.63) is 37.0 Å². The van der Waals surface area contributed by atoms with Crippen molar-refractivity contribution in [3.63, 3.8) is 0 Å². The molecule has 0 spiro atoms. The standard InChI is InChI=1S/C7H8NO/c1-6(9)7-2-4-8-5-3-7/h2-6,9H,1H2. The Bertz CT molecular complexity index is 172. The molecule has 9 heavy (non-hydrogen) atoms. The molecule has 1 aromatic heterocycles. The van der Waals surface area contributed by atoms with E-state index in [1.165, 1.54) is 0 Å². The van der Waals surface area contributed by atoms with E-state index in [0.717, 1.165) is 5.56 Å². The molecule has 1 unspecified atom stereocenters. The normalized spacial score (nSPS) is 13.1. The lowest BCUT2D eigenvalue weighted by Crippen LogP contribution is -1.89. The van der Waals surface area contributed by atoms with E-state index in [4.69, 9.17) is 5.11 Å². The number of aliphatic hydroxyl groups is 1. The van der Waals surface area contributed by atoms with Gasteiger partial charge in [0.1, 0.15) is 0 Å². The molecular formula is C7H8NO. The summed E-state index contributed by atoms with van der Waals surface area (Å²) in [5.74, 6) is 0. The van der Waals surface area contributed by atoms with Gasteiger partial charge in [0, 0.05) is 12.4 Å². The highest BCUT2D eigenvalue weighted by Gasteiger charge is 1.95. The Morgan fingerprint density at radius 3 is 2.33 bits per heavy atom. The largest absolute Gasteiger partial charge is 0.388 e. The van der Waals surface area contributed by atoms with Crippen molar-refractivity contribution < 1.29 is 5.11 Å².